The van der Waals surface area contributed by atoms with Gasteiger partial charge < -0.3 is 14.8 Å². The van der Waals surface area contributed by atoms with Gasteiger partial charge in [0, 0.05) is 11.4 Å². The number of carbonyl (C=O) groups excluding carboxylic acids is 1. The minimum absolute atomic E-state index is 0.0775. The Morgan fingerprint density at radius 3 is 2.62 bits per heavy atom. The molecule has 34 heavy (non-hydrogen) atoms. The molecule has 1 amide bonds. The number of aromatic nitrogens is 3. The standard InChI is InChI=1S/C25H23FN4O3S/c1-17-11-12-21(22(13-17)32-2)33-15-23-28-29-25(30(23)20-9-4-3-5-10-20)34-16-24(31)27-19-8-6-7-18(26)14-19/h3-14H,15-16H2,1-2H3,(H,27,31). The lowest BCUT2D eigenvalue weighted by Crippen LogP contribution is -2.15. The summed E-state index contributed by atoms with van der Waals surface area (Å²) in [7, 11) is 1.59. The molecule has 0 radical (unpaired) electrons. The van der Waals surface area contributed by atoms with Gasteiger partial charge in [0.05, 0.1) is 12.9 Å². The lowest BCUT2D eigenvalue weighted by molar-refractivity contribution is -0.113. The summed E-state index contributed by atoms with van der Waals surface area (Å²) >= 11 is 1.23. The van der Waals surface area contributed by atoms with E-state index in [4.69, 9.17) is 9.47 Å². The largest absolute Gasteiger partial charge is 0.493 e. The van der Waals surface area contributed by atoms with E-state index in [-0.39, 0.29) is 18.3 Å². The van der Waals surface area contributed by atoms with Crippen molar-refractivity contribution in [3.8, 4) is 17.2 Å². The lowest BCUT2D eigenvalue weighted by Gasteiger charge is -2.13. The third kappa shape index (κ3) is 5.74. The van der Waals surface area contributed by atoms with Crippen LogP contribution in [0.1, 0.15) is 11.4 Å². The fourth-order valence-electron chi connectivity index (χ4n) is 3.25. The van der Waals surface area contributed by atoms with Crippen LogP contribution < -0.4 is 14.8 Å². The Balaban J connectivity index is 1.51. The second-order valence-corrected chi connectivity index (χ2v) is 8.30. The van der Waals surface area contributed by atoms with Crippen molar-refractivity contribution >= 4 is 23.4 Å². The fourth-order valence-corrected chi connectivity index (χ4v) is 4.02. The molecule has 1 heterocycles. The fraction of sp³-hybridized carbons (Fsp3) is 0.160. The van der Waals surface area contributed by atoms with Gasteiger partial charge >= 0.3 is 0 Å². The van der Waals surface area contributed by atoms with Crippen LogP contribution in [-0.2, 0) is 11.4 Å². The Hall–Kier alpha value is -3.85. The number of carbonyl (C=O) groups is 1. The molecule has 0 bridgehead atoms. The topological polar surface area (TPSA) is 78.3 Å². The maximum atomic E-state index is 13.4. The molecule has 1 N–H and O–H groups in total. The van der Waals surface area contributed by atoms with Crippen LogP contribution in [0.4, 0.5) is 10.1 Å². The van der Waals surface area contributed by atoms with Gasteiger partial charge in [0.15, 0.2) is 22.5 Å². The molecular weight excluding hydrogens is 455 g/mol. The van der Waals surface area contributed by atoms with Gasteiger partial charge in [-0.15, -0.1) is 10.2 Å². The number of rotatable bonds is 9. The van der Waals surface area contributed by atoms with Gasteiger partial charge in [-0.25, -0.2) is 4.39 Å². The first-order valence-electron chi connectivity index (χ1n) is 10.5. The molecule has 0 saturated carbocycles. The quantitative estimate of drug-likeness (QED) is 0.340. The van der Waals surface area contributed by atoms with Crippen molar-refractivity contribution in [3.63, 3.8) is 0 Å². The molecule has 0 fully saturated rings. The van der Waals surface area contributed by atoms with Crippen molar-refractivity contribution in [2.24, 2.45) is 0 Å². The second-order valence-electron chi connectivity index (χ2n) is 7.36. The van der Waals surface area contributed by atoms with Crippen molar-refractivity contribution in [3.05, 3.63) is 90.0 Å². The molecule has 4 rings (SSSR count). The number of amides is 1. The molecule has 0 saturated heterocycles. The number of methoxy groups -OCH3 is 1. The van der Waals surface area contributed by atoms with E-state index in [1.807, 2.05) is 60.0 Å². The van der Waals surface area contributed by atoms with Crippen LogP contribution >= 0.6 is 11.8 Å². The molecule has 0 aliphatic rings. The molecule has 0 unspecified atom stereocenters. The summed E-state index contributed by atoms with van der Waals surface area (Å²) in [5.41, 5.74) is 2.30. The highest BCUT2D eigenvalue weighted by atomic mass is 32.2. The highest BCUT2D eigenvalue weighted by molar-refractivity contribution is 7.99. The number of halogens is 1. The zero-order valence-electron chi connectivity index (χ0n) is 18.7. The van der Waals surface area contributed by atoms with Crippen LogP contribution in [0.15, 0.2) is 78.0 Å². The first-order valence-corrected chi connectivity index (χ1v) is 11.5. The Morgan fingerprint density at radius 2 is 1.85 bits per heavy atom. The van der Waals surface area contributed by atoms with Gasteiger partial charge in [-0.2, -0.15) is 0 Å². The van der Waals surface area contributed by atoms with Crippen LogP contribution in [0.25, 0.3) is 5.69 Å². The van der Waals surface area contributed by atoms with Crippen molar-refractivity contribution in [1.29, 1.82) is 0 Å². The number of ether oxygens (including phenoxy) is 2. The molecule has 0 aliphatic heterocycles. The van der Waals surface area contributed by atoms with Gasteiger partial charge in [-0.3, -0.25) is 9.36 Å². The minimum atomic E-state index is -0.413. The van der Waals surface area contributed by atoms with Crippen LogP contribution in [0, 0.1) is 12.7 Å². The number of anilines is 1. The summed E-state index contributed by atoms with van der Waals surface area (Å²) in [6, 6.07) is 21.0. The predicted octanol–water partition coefficient (Wildman–Crippen LogP) is 5.03. The van der Waals surface area contributed by atoms with Crippen molar-refractivity contribution in [2.75, 3.05) is 18.2 Å². The molecule has 0 atom stereocenters. The normalized spacial score (nSPS) is 10.7. The van der Waals surface area contributed by atoms with E-state index >= 15 is 0 Å². The van der Waals surface area contributed by atoms with Crippen molar-refractivity contribution in [2.45, 2.75) is 18.7 Å². The molecule has 0 spiro atoms. The van der Waals surface area contributed by atoms with E-state index in [0.717, 1.165) is 11.3 Å². The Morgan fingerprint density at radius 1 is 1.03 bits per heavy atom. The van der Waals surface area contributed by atoms with Gasteiger partial charge in [-0.1, -0.05) is 42.1 Å². The predicted molar refractivity (Wildman–Crippen MR) is 129 cm³/mol. The molecular formula is C25H23FN4O3S. The lowest BCUT2D eigenvalue weighted by atomic mass is 10.2. The van der Waals surface area contributed by atoms with E-state index in [2.05, 4.69) is 15.5 Å². The number of aryl methyl sites for hydroxylation is 1. The highest BCUT2D eigenvalue weighted by Crippen LogP contribution is 2.29. The summed E-state index contributed by atoms with van der Waals surface area (Å²) in [4.78, 5) is 12.4. The van der Waals surface area contributed by atoms with Gasteiger partial charge in [-0.05, 0) is 55.0 Å². The molecule has 9 heteroatoms. The van der Waals surface area contributed by atoms with E-state index in [1.165, 1.54) is 23.9 Å². The Bertz CT molecular complexity index is 1280. The number of para-hydroxylation sites is 1. The average Bonchev–Trinajstić information content (AvgIpc) is 3.25. The van der Waals surface area contributed by atoms with Crippen LogP contribution in [0.5, 0.6) is 11.5 Å². The summed E-state index contributed by atoms with van der Waals surface area (Å²) in [5, 5.41) is 11.8. The van der Waals surface area contributed by atoms with Crippen LogP contribution in [-0.4, -0.2) is 33.5 Å². The summed E-state index contributed by atoms with van der Waals surface area (Å²) in [6.07, 6.45) is 0. The highest BCUT2D eigenvalue weighted by Gasteiger charge is 2.17. The zero-order valence-corrected chi connectivity index (χ0v) is 19.5. The first-order chi connectivity index (χ1) is 16.5. The first kappa shape index (κ1) is 23.3. The average molecular weight is 479 g/mol. The van der Waals surface area contributed by atoms with Crippen molar-refractivity contribution < 1.29 is 18.7 Å². The molecule has 174 valence electrons. The van der Waals surface area contributed by atoms with Gasteiger partial charge in [0.25, 0.3) is 0 Å². The molecule has 0 aliphatic carbocycles. The number of hydrogen-bond donors (Lipinski definition) is 1. The van der Waals surface area contributed by atoms with Gasteiger partial charge in [0.1, 0.15) is 12.4 Å². The zero-order chi connectivity index (χ0) is 23.9. The van der Waals surface area contributed by atoms with Gasteiger partial charge in [0.2, 0.25) is 5.91 Å². The Kier molecular flexibility index (Phi) is 7.44. The number of hydrogen-bond acceptors (Lipinski definition) is 6. The molecule has 4 aromatic rings. The van der Waals surface area contributed by atoms with Crippen LogP contribution in [0.3, 0.4) is 0 Å². The van der Waals surface area contributed by atoms with E-state index in [1.54, 1.807) is 19.2 Å². The summed E-state index contributed by atoms with van der Waals surface area (Å²) in [6.45, 7) is 2.13. The number of thioether (sulfide) groups is 1. The third-order valence-electron chi connectivity index (χ3n) is 4.83. The summed E-state index contributed by atoms with van der Waals surface area (Å²) in [5.74, 6) is 1.19. The number of nitrogens with one attached hydrogen (secondary N) is 1. The van der Waals surface area contributed by atoms with Crippen LogP contribution in [0.2, 0.25) is 0 Å². The van der Waals surface area contributed by atoms with E-state index in [9.17, 15) is 9.18 Å². The maximum absolute atomic E-state index is 13.4. The molecule has 7 nitrogen and oxygen atoms in total. The Labute approximate surface area is 200 Å². The smallest absolute Gasteiger partial charge is 0.234 e. The minimum Gasteiger partial charge on any atom is -0.493 e. The van der Waals surface area contributed by atoms with E-state index < -0.39 is 5.82 Å². The number of nitrogens with zero attached hydrogens (tertiary/aromatic N) is 3. The molecule has 3 aromatic carbocycles. The SMILES string of the molecule is COc1cc(C)ccc1OCc1nnc(SCC(=O)Nc2cccc(F)c2)n1-c1ccccc1. The number of benzene rings is 3. The maximum Gasteiger partial charge on any atom is 0.234 e. The summed E-state index contributed by atoms with van der Waals surface area (Å²) < 4.78 is 26.6. The van der Waals surface area contributed by atoms with E-state index in [0.29, 0.717) is 28.2 Å². The monoisotopic (exact) mass is 478 g/mol. The third-order valence-corrected chi connectivity index (χ3v) is 5.76. The molecule has 1 aromatic heterocycles. The van der Waals surface area contributed by atoms with Crippen molar-refractivity contribution in [1.82, 2.24) is 14.8 Å². The second kappa shape index (κ2) is 10.8.